The number of hydrogen-bond acceptors (Lipinski definition) is 3. The minimum atomic E-state index is -0.969. The molecule has 0 aromatic carbocycles. The van der Waals surface area contributed by atoms with Crippen LogP contribution in [0.1, 0.15) is 12.0 Å². The molecule has 0 aliphatic heterocycles. The zero-order valence-corrected chi connectivity index (χ0v) is 8.39. The minimum Gasteiger partial charge on any atom is -0.481 e. The van der Waals surface area contributed by atoms with Gasteiger partial charge in [-0.2, -0.15) is 4.98 Å². The van der Waals surface area contributed by atoms with E-state index in [0.29, 0.717) is 5.56 Å². The van der Waals surface area contributed by atoms with Crippen molar-refractivity contribution in [2.24, 2.45) is 0 Å². The summed E-state index contributed by atoms with van der Waals surface area (Å²) in [5.74, 6) is -0.969. The molecule has 14 heavy (non-hydrogen) atoms. The third kappa shape index (κ3) is 2.71. The standard InChI is InChI=1S/C7H6Cl2N2O3/c8-5-3(1-2-4(12)13)6(9)11-7(14)10-5/h1-2H2,(H,12,13)(H,10,11,14). The maximum atomic E-state index is 10.7. The monoisotopic (exact) mass is 236 g/mol. The molecule has 5 nitrogen and oxygen atoms in total. The molecule has 0 bridgehead atoms. The van der Waals surface area contributed by atoms with Crippen LogP contribution in [0.3, 0.4) is 0 Å². The summed E-state index contributed by atoms with van der Waals surface area (Å²) in [4.78, 5) is 26.6. The Morgan fingerprint density at radius 3 is 2.64 bits per heavy atom. The molecule has 0 unspecified atom stereocenters. The van der Waals surface area contributed by atoms with E-state index in [1.165, 1.54) is 0 Å². The predicted octanol–water partition coefficient (Wildman–Crippen LogP) is 1.09. The first-order valence-electron chi connectivity index (χ1n) is 3.66. The summed E-state index contributed by atoms with van der Waals surface area (Å²) < 4.78 is 0. The van der Waals surface area contributed by atoms with Gasteiger partial charge in [-0.05, 0) is 6.42 Å². The summed E-state index contributed by atoms with van der Waals surface area (Å²) in [6, 6.07) is 0. The summed E-state index contributed by atoms with van der Waals surface area (Å²) in [7, 11) is 0. The average Bonchev–Trinajstić information content (AvgIpc) is 2.01. The van der Waals surface area contributed by atoms with Crippen LogP contribution < -0.4 is 5.69 Å². The number of carboxylic acids is 1. The Hall–Kier alpha value is -1.07. The molecule has 0 spiro atoms. The number of aliphatic carboxylic acids is 1. The predicted molar refractivity (Wildman–Crippen MR) is 50.8 cm³/mol. The van der Waals surface area contributed by atoms with E-state index in [9.17, 15) is 9.59 Å². The van der Waals surface area contributed by atoms with E-state index in [-0.39, 0.29) is 23.1 Å². The lowest BCUT2D eigenvalue weighted by molar-refractivity contribution is -0.136. The second-order valence-electron chi connectivity index (χ2n) is 2.52. The number of aromatic nitrogens is 2. The van der Waals surface area contributed by atoms with Gasteiger partial charge in [-0.25, -0.2) is 4.79 Å². The molecule has 0 aliphatic carbocycles. The van der Waals surface area contributed by atoms with Crippen molar-refractivity contribution in [1.82, 2.24) is 9.97 Å². The van der Waals surface area contributed by atoms with Crippen LogP contribution in [0.15, 0.2) is 4.79 Å². The van der Waals surface area contributed by atoms with Gasteiger partial charge in [0.2, 0.25) is 0 Å². The van der Waals surface area contributed by atoms with Crippen LogP contribution in [0.5, 0.6) is 0 Å². The first kappa shape index (κ1) is 11.0. The van der Waals surface area contributed by atoms with Crippen LogP contribution in [-0.2, 0) is 11.2 Å². The number of H-pyrrole nitrogens is 1. The van der Waals surface area contributed by atoms with Gasteiger partial charge in [0.15, 0.2) is 0 Å². The third-order valence-electron chi connectivity index (χ3n) is 1.52. The molecule has 0 radical (unpaired) electrons. The number of nitrogens with zero attached hydrogens (tertiary/aromatic N) is 1. The molecule has 1 rings (SSSR count). The van der Waals surface area contributed by atoms with Crippen molar-refractivity contribution in [2.45, 2.75) is 12.8 Å². The van der Waals surface area contributed by atoms with Crippen LogP contribution in [-0.4, -0.2) is 21.0 Å². The van der Waals surface area contributed by atoms with Crippen LogP contribution in [0.2, 0.25) is 10.3 Å². The largest absolute Gasteiger partial charge is 0.481 e. The lowest BCUT2D eigenvalue weighted by atomic mass is 10.2. The van der Waals surface area contributed by atoms with Gasteiger partial charge in [-0.15, -0.1) is 0 Å². The van der Waals surface area contributed by atoms with Crippen molar-refractivity contribution in [3.63, 3.8) is 0 Å². The Bertz CT molecular complexity index is 390. The van der Waals surface area contributed by atoms with Crippen molar-refractivity contribution < 1.29 is 9.90 Å². The van der Waals surface area contributed by atoms with Crippen LogP contribution in [0.25, 0.3) is 0 Å². The zero-order chi connectivity index (χ0) is 10.7. The van der Waals surface area contributed by atoms with Crippen molar-refractivity contribution in [3.05, 3.63) is 26.4 Å². The molecule has 0 amide bonds. The van der Waals surface area contributed by atoms with Crippen LogP contribution in [0.4, 0.5) is 0 Å². The molecule has 0 fully saturated rings. The van der Waals surface area contributed by atoms with Crippen molar-refractivity contribution in [1.29, 1.82) is 0 Å². The fourth-order valence-corrected chi connectivity index (χ4v) is 1.47. The van der Waals surface area contributed by atoms with E-state index in [4.69, 9.17) is 28.3 Å². The fourth-order valence-electron chi connectivity index (χ4n) is 0.889. The summed E-state index contributed by atoms with van der Waals surface area (Å²) in [6.07, 6.45) is 0.0178. The second-order valence-corrected chi connectivity index (χ2v) is 3.26. The Morgan fingerprint density at radius 1 is 1.50 bits per heavy atom. The number of nitrogens with one attached hydrogen (secondary N) is 1. The van der Waals surface area contributed by atoms with E-state index in [1.54, 1.807) is 0 Å². The molecule has 0 saturated carbocycles. The molecule has 2 N–H and O–H groups in total. The van der Waals surface area contributed by atoms with Gasteiger partial charge in [0.1, 0.15) is 10.3 Å². The molecular formula is C7H6Cl2N2O3. The molecule has 7 heteroatoms. The van der Waals surface area contributed by atoms with Crippen LogP contribution >= 0.6 is 23.2 Å². The lowest BCUT2D eigenvalue weighted by Gasteiger charge is -2.02. The molecule has 1 heterocycles. The van der Waals surface area contributed by atoms with Crippen molar-refractivity contribution in [3.8, 4) is 0 Å². The van der Waals surface area contributed by atoms with E-state index in [0.717, 1.165) is 0 Å². The van der Waals surface area contributed by atoms with Gasteiger partial charge in [-0.1, -0.05) is 23.2 Å². The normalized spacial score (nSPS) is 10.1. The zero-order valence-electron chi connectivity index (χ0n) is 6.88. The lowest BCUT2D eigenvalue weighted by Crippen LogP contribution is -2.13. The number of rotatable bonds is 3. The first-order chi connectivity index (χ1) is 6.50. The number of carbonyl (C=O) groups is 1. The molecule has 0 atom stereocenters. The molecule has 0 aliphatic rings. The van der Waals surface area contributed by atoms with Gasteiger partial charge in [0, 0.05) is 12.0 Å². The maximum absolute atomic E-state index is 10.7. The van der Waals surface area contributed by atoms with Crippen molar-refractivity contribution >= 4 is 29.2 Å². The number of aromatic amines is 1. The topological polar surface area (TPSA) is 83.0 Å². The smallest absolute Gasteiger partial charge is 0.347 e. The average molecular weight is 237 g/mol. The van der Waals surface area contributed by atoms with E-state index in [2.05, 4.69) is 9.97 Å². The summed E-state index contributed by atoms with van der Waals surface area (Å²) in [5.41, 5.74) is -0.311. The first-order valence-corrected chi connectivity index (χ1v) is 4.42. The number of hydrogen-bond donors (Lipinski definition) is 2. The quantitative estimate of drug-likeness (QED) is 0.771. The van der Waals surface area contributed by atoms with E-state index in [1.807, 2.05) is 0 Å². The highest BCUT2D eigenvalue weighted by atomic mass is 35.5. The Morgan fingerprint density at radius 2 is 2.14 bits per heavy atom. The number of carboxylic acid groups (broad SMARTS) is 1. The summed E-state index contributed by atoms with van der Waals surface area (Å²) in [6.45, 7) is 0. The third-order valence-corrected chi connectivity index (χ3v) is 2.15. The van der Waals surface area contributed by atoms with Gasteiger partial charge in [-0.3, -0.25) is 9.78 Å². The Balaban J connectivity index is 2.97. The number of halogens is 2. The molecule has 1 aromatic rings. The highest BCUT2D eigenvalue weighted by molar-refractivity contribution is 6.34. The fraction of sp³-hybridized carbons (Fsp3) is 0.286. The van der Waals surface area contributed by atoms with Gasteiger partial charge < -0.3 is 5.11 Å². The van der Waals surface area contributed by atoms with Crippen molar-refractivity contribution in [2.75, 3.05) is 0 Å². The minimum absolute atomic E-state index is 0.0382. The highest BCUT2D eigenvalue weighted by Gasteiger charge is 2.10. The maximum Gasteiger partial charge on any atom is 0.347 e. The van der Waals surface area contributed by atoms with E-state index < -0.39 is 11.7 Å². The Kier molecular flexibility index (Phi) is 3.49. The summed E-state index contributed by atoms with van der Waals surface area (Å²) in [5, 5.41) is 8.42. The van der Waals surface area contributed by atoms with Crippen LogP contribution in [0, 0.1) is 0 Å². The van der Waals surface area contributed by atoms with E-state index >= 15 is 0 Å². The highest BCUT2D eigenvalue weighted by Crippen LogP contribution is 2.19. The Labute approximate surface area is 88.7 Å². The molecular weight excluding hydrogens is 231 g/mol. The molecule has 76 valence electrons. The summed E-state index contributed by atoms with van der Waals surface area (Å²) >= 11 is 11.3. The van der Waals surface area contributed by atoms with Gasteiger partial charge in [0.05, 0.1) is 0 Å². The molecule has 1 aromatic heterocycles. The SMILES string of the molecule is O=C(O)CCc1c(Cl)nc(=O)[nH]c1Cl. The second kappa shape index (κ2) is 4.43. The van der Waals surface area contributed by atoms with Gasteiger partial charge >= 0.3 is 11.7 Å². The van der Waals surface area contributed by atoms with Gasteiger partial charge in [0.25, 0.3) is 0 Å². The molecule has 0 saturated heterocycles.